The second kappa shape index (κ2) is 6.14. The lowest BCUT2D eigenvalue weighted by atomic mass is 9.97. The van der Waals surface area contributed by atoms with Crippen molar-refractivity contribution in [2.24, 2.45) is 5.41 Å². The molecule has 0 saturated carbocycles. The Morgan fingerprint density at radius 1 is 1.39 bits per heavy atom. The number of hydrogen-bond acceptors (Lipinski definition) is 3. The number of ether oxygens (including phenoxy) is 1. The van der Waals surface area contributed by atoms with Gasteiger partial charge in [0.2, 0.25) is 0 Å². The average Bonchev–Trinajstić information content (AvgIpc) is 2.26. The molecule has 0 spiro atoms. The Kier molecular flexibility index (Phi) is 5.08. The second-order valence-electron chi connectivity index (χ2n) is 5.09. The minimum absolute atomic E-state index is 0.313. The summed E-state index contributed by atoms with van der Waals surface area (Å²) in [6.07, 6.45) is 0. The van der Waals surface area contributed by atoms with Gasteiger partial charge in [0.25, 0.3) is 0 Å². The topological polar surface area (TPSA) is 43.4 Å². The molecule has 3 nitrogen and oxygen atoms in total. The fourth-order valence-electron chi connectivity index (χ4n) is 1.78. The Morgan fingerprint density at radius 3 is 2.61 bits per heavy atom. The third kappa shape index (κ3) is 4.26. The van der Waals surface area contributed by atoms with Crippen LogP contribution in [0, 0.1) is 12.3 Å². The minimum Gasteiger partial charge on any atom is -0.469 e. The molecule has 1 aromatic carbocycles. The molecule has 1 atom stereocenters. The van der Waals surface area contributed by atoms with E-state index in [2.05, 4.69) is 0 Å². The first-order chi connectivity index (χ1) is 8.35. The van der Waals surface area contributed by atoms with E-state index in [1.807, 2.05) is 31.2 Å². The van der Waals surface area contributed by atoms with Gasteiger partial charge in [0, 0.05) is 22.3 Å². The van der Waals surface area contributed by atoms with Gasteiger partial charge in [-0.05, 0) is 26.3 Å². The van der Waals surface area contributed by atoms with Crippen LogP contribution < -0.4 is 0 Å². The van der Waals surface area contributed by atoms with Gasteiger partial charge < -0.3 is 4.74 Å². The minimum atomic E-state index is -1.07. The van der Waals surface area contributed by atoms with Crippen molar-refractivity contribution >= 4 is 16.8 Å². The summed E-state index contributed by atoms with van der Waals surface area (Å²) in [4.78, 5) is 11.5. The fraction of sp³-hybridized carbons (Fsp3) is 0.500. The number of esters is 1. The highest BCUT2D eigenvalue weighted by Crippen LogP contribution is 2.20. The van der Waals surface area contributed by atoms with Crippen molar-refractivity contribution in [1.82, 2.24) is 0 Å². The molecule has 0 heterocycles. The van der Waals surface area contributed by atoms with Crippen LogP contribution in [0.4, 0.5) is 0 Å². The summed E-state index contributed by atoms with van der Waals surface area (Å²) in [6, 6.07) is 7.93. The standard InChI is InChI=1S/C14H20O3S/c1-11-6-5-7-12(8-11)9-18(16)10-14(2,3)13(15)17-4/h5-8H,9-10H2,1-4H3. The van der Waals surface area contributed by atoms with Gasteiger partial charge in [0.1, 0.15) is 0 Å². The SMILES string of the molecule is COC(=O)C(C)(C)CS(=O)Cc1cccc(C)c1. The van der Waals surface area contributed by atoms with Gasteiger partial charge in [-0.25, -0.2) is 0 Å². The predicted molar refractivity (Wildman–Crippen MR) is 73.7 cm³/mol. The van der Waals surface area contributed by atoms with E-state index in [4.69, 9.17) is 4.74 Å². The van der Waals surface area contributed by atoms with Gasteiger partial charge in [0.05, 0.1) is 12.5 Å². The monoisotopic (exact) mass is 268 g/mol. The van der Waals surface area contributed by atoms with Crippen LogP contribution in [0.3, 0.4) is 0 Å². The molecule has 0 fully saturated rings. The lowest BCUT2D eigenvalue weighted by molar-refractivity contribution is -0.149. The third-order valence-electron chi connectivity index (χ3n) is 2.67. The Labute approximate surface area is 111 Å². The zero-order valence-electron chi connectivity index (χ0n) is 11.4. The van der Waals surface area contributed by atoms with Crippen LogP contribution in [0.1, 0.15) is 25.0 Å². The summed E-state index contributed by atoms with van der Waals surface area (Å²) in [5.74, 6) is 0.468. The normalized spacial score (nSPS) is 13.1. The number of carbonyl (C=O) groups is 1. The second-order valence-corrected chi connectivity index (χ2v) is 6.55. The van der Waals surface area contributed by atoms with Crippen molar-refractivity contribution in [2.45, 2.75) is 26.5 Å². The molecule has 18 heavy (non-hydrogen) atoms. The van der Waals surface area contributed by atoms with E-state index >= 15 is 0 Å². The van der Waals surface area contributed by atoms with Crippen LogP contribution in [0.5, 0.6) is 0 Å². The number of benzene rings is 1. The molecule has 0 radical (unpaired) electrons. The molecule has 0 aromatic heterocycles. The molecule has 0 aliphatic rings. The summed E-state index contributed by atoms with van der Waals surface area (Å²) in [5.41, 5.74) is 1.48. The number of methoxy groups -OCH3 is 1. The van der Waals surface area contributed by atoms with Crippen molar-refractivity contribution in [3.05, 3.63) is 35.4 Å². The Balaban J connectivity index is 2.65. The smallest absolute Gasteiger partial charge is 0.312 e. The average molecular weight is 268 g/mol. The third-order valence-corrected chi connectivity index (χ3v) is 4.37. The number of carbonyl (C=O) groups excluding carboxylic acids is 1. The van der Waals surface area contributed by atoms with Gasteiger partial charge in [-0.1, -0.05) is 29.8 Å². The molecule has 4 heteroatoms. The maximum Gasteiger partial charge on any atom is 0.312 e. The van der Waals surface area contributed by atoms with E-state index in [1.54, 1.807) is 13.8 Å². The largest absolute Gasteiger partial charge is 0.469 e. The summed E-state index contributed by atoms with van der Waals surface area (Å²) in [5, 5.41) is 0. The van der Waals surface area contributed by atoms with E-state index < -0.39 is 16.2 Å². The van der Waals surface area contributed by atoms with E-state index in [1.165, 1.54) is 7.11 Å². The summed E-state index contributed by atoms with van der Waals surface area (Å²) >= 11 is 0. The zero-order valence-corrected chi connectivity index (χ0v) is 12.2. The highest BCUT2D eigenvalue weighted by Gasteiger charge is 2.30. The van der Waals surface area contributed by atoms with Crippen molar-refractivity contribution in [3.63, 3.8) is 0 Å². The van der Waals surface area contributed by atoms with Crippen molar-refractivity contribution in [1.29, 1.82) is 0 Å². The Bertz CT molecular complexity index is 452. The van der Waals surface area contributed by atoms with Crippen LogP contribution in [-0.2, 0) is 26.1 Å². The van der Waals surface area contributed by atoms with E-state index in [0.717, 1.165) is 11.1 Å². The fourth-order valence-corrected chi connectivity index (χ4v) is 3.35. The van der Waals surface area contributed by atoms with Crippen molar-refractivity contribution < 1.29 is 13.7 Å². The zero-order chi connectivity index (χ0) is 13.8. The number of aryl methyl sites for hydroxylation is 1. The molecule has 1 unspecified atom stereocenters. The highest BCUT2D eigenvalue weighted by atomic mass is 32.2. The Hall–Kier alpha value is -1.16. The van der Waals surface area contributed by atoms with Gasteiger partial charge in [-0.2, -0.15) is 0 Å². The van der Waals surface area contributed by atoms with E-state index in [9.17, 15) is 9.00 Å². The number of rotatable bonds is 5. The van der Waals surface area contributed by atoms with E-state index in [-0.39, 0.29) is 5.97 Å². The first-order valence-corrected chi connectivity index (χ1v) is 7.33. The van der Waals surface area contributed by atoms with Crippen LogP contribution >= 0.6 is 0 Å². The molecule has 0 amide bonds. The van der Waals surface area contributed by atoms with Gasteiger partial charge in [-0.15, -0.1) is 0 Å². The van der Waals surface area contributed by atoms with Crippen molar-refractivity contribution in [2.75, 3.05) is 12.9 Å². The molecule has 0 saturated heterocycles. The molecular formula is C14H20O3S. The Morgan fingerprint density at radius 2 is 2.06 bits per heavy atom. The highest BCUT2D eigenvalue weighted by molar-refractivity contribution is 7.84. The molecule has 0 aliphatic heterocycles. The first-order valence-electron chi connectivity index (χ1n) is 5.84. The summed E-state index contributed by atoms with van der Waals surface area (Å²) in [7, 11) is 0.283. The molecule has 0 bridgehead atoms. The summed E-state index contributed by atoms with van der Waals surface area (Å²) < 4.78 is 16.8. The molecule has 0 N–H and O–H groups in total. The van der Waals surface area contributed by atoms with E-state index in [0.29, 0.717) is 11.5 Å². The molecule has 1 aromatic rings. The van der Waals surface area contributed by atoms with Gasteiger partial charge >= 0.3 is 5.97 Å². The predicted octanol–water partition coefficient (Wildman–Crippen LogP) is 2.44. The van der Waals surface area contributed by atoms with Crippen LogP contribution in [0.25, 0.3) is 0 Å². The molecule has 1 rings (SSSR count). The molecular weight excluding hydrogens is 248 g/mol. The van der Waals surface area contributed by atoms with Gasteiger partial charge in [-0.3, -0.25) is 9.00 Å². The summed E-state index contributed by atoms with van der Waals surface area (Å²) in [6.45, 7) is 5.52. The van der Waals surface area contributed by atoms with Crippen LogP contribution in [0.15, 0.2) is 24.3 Å². The van der Waals surface area contributed by atoms with Gasteiger partial charge in [0.15, 0.2) is 0 Å². The lowest BCUT2D eigenvalue weighted by Gasteiger charge is -2.20. The first kappa shape index (κ1) is 14.9. The molecule has 0 aliphatic carbocycles. The van der Waals surface area contributed by atoms with Crippen molar-refractivity contribution in [3.8, 4) is 0 Å². The maximum absolute atomic E-state index is 12.1. The quantitative estimate of drug-likeness (QED) is 0.770. The maximum atomic E-state index is 12.1. The number of hydrogen-bond donors (Lipinski definition) is 0. The lowest BCUT2D eigenvalue weighted by Crippen LogP contribution is -2.31. The molecule has 100 valence electrons. The van der Waals surface area contributed by atoms with Crippen LogP contribution in [0.2, 0.25) is 0 Å². The van der Waals surface area contributed by atoms with Crippen LogP contribution in [-0.4, -0.2) is 23.0 Å².